The van der Waals surface area contributed by atoms with Gasteiger partial charge in [0.05, 0.1) is 20.2 Å². The molecule has 0 fully saturated rings. The number of nitrogens with one attached hydrogen (secondary N) is 1. The minimum atomic E-state index is 0.237. The number of aromatic nitrogens is 2. The van der Waals surface area contributed by atoms with Gasteiger partial charge in [0.2, 0.25) is 0 Å². The number of aryl methyl sites for hydroxylation is 2. The molecule has 2 heterocycles. The van der Waals surface area contributed by atoms with Crippen LogP contribution in [0.3, 0.4) is 0 Å². The molecule has 1 N–H and O–H groups in total. The molecular formula is C14H18Br2ClN3S. The molecule has 1 unspecified atom stereocenters. The van der Waals surface area contributed by atoms with Crippen molar-refractivity contribution in [1.82, 2.24) is 15.1 Å². The second-order valence-electron chi connectivity index (χ2n) is 4.75. The Bertz CT molecular complexity index is 605. The van der Waals surface area contributed by atoms with Gasteiger partial charge in [-0.25, -0.2) is 0 Å². The summed E-state index contributed by atoms with van der Waals surface area (Å²) in [4.78, 5) is 1.29. The van der Waals surface area contributed by atoms with Gasteiger partial charge in [-0.2, -0.15) is 5.10 Å². The van der Waals surface area contributed by atoms with Gasteiger partial charge in [0.15, 0.2) is 0 Å². The highest BCUT2D eigenvalue weighted by Gasteiger charge is 2.21. The molecule has 0 bridgehead atoms. The van der Waals surface area contributed by atoms with Gasteiger partial charge in [0.1, 0.15) is 0 Å². The monoisotopic (exact) mass is 453 g/mol. The van der Waals surface area contributed by atoms with Gasteiger partial charge in [-0.05, 0) is 58.3 Å². The first kappa shape index (κ1) is 17.5. The topological polar surface area (TPSA) is 29.9 Å². The largest absolute Gasteiger partial charge is 0.309 e. The summed E-state index contributed by atoms with van der Waals surface area (Å²) < 4.78 is 4.21. The lowest BCUT2D eigenvalue weighted by molar-refractivity contribution is 0.522. The summed E-state index contributed by atoms with van der Waals surface area (Å²) >= 11 is 15.3. The summed E-state index contributed by atoms with van der Waals surface area (Å²) in [5.41, 5.74) is 2.00. The van der Waals surface area contributed by atoms with Gasteiger partial charge in [-0.15, -0.1) is 11.3 Å². The van der Waals surface area contributed by atoms with Crippen molar-refractivity contribution in [2.24, 2.45) is 0 Å². The summed E-state index contributed by atoms with van der Waals surface area (Å²) in [6.45, 7) is 7.91. The van der Waals surface area contributed by atoms with E-state index in [4.69, 9.17) is 11.6 Å². The van der Waals surface area contributed by atoms with E-state index >= 15 is 0 Å². The number of halogens is 3. The number of nitrogens with zero attached hydrogens (tertiary/aromatic N) is 2. The maximum atomic E-state index is 6.43. The molecule has 2 aromatic heterocycles. The molecule has 0 spiro atoms. The quantitative estimate of drug-likeness (QED) is 0.637. The molecule has 21 heavy (non-hydrogen) atoms. The van der Waals surface area contributed by atoms with Crippen LogP contribution in [0.5, 0.6) is 0 Å². The van der Waals surface area contributed by atoms with E-state index in [0.29, 0.717) is 0 Å². The van der Waals surface area contributed by atoms with Crippen molar-refractivity contribution in [1.29, 1.82) is 0 Å². The molecule has 0 aliphatic carbocycles. The predicted molar refractivity (Wildman–Crippen MR) is 97.5 cm³/mol. The van der Waals surface area contributed by atoms with Gasteiger partial charge in [0.25, 0.3) is 0 Å². The zero-order valence-electron chi connectivity index (χ0n) is 12.2. The molecule has 0 aliphatic rings. The number of hydrogen-bond acceptors (Lipinski definition) is 3. The summed E-state index contributed by atoms with van der Waals surface area (Å²) in [5, 5.41) is 8.83. The van der Waals surface area contributed by atoms with Crippen molar-refractivity contribution in [2.75, 3.05) is 6.54 Å². The Hall–Kier alpha value is 0.120. The third-order valence-electron chi connectivity index (χ3n) is 3.31. The molecule has 0 aliphatic heterocycles. The molecule has 0 radical (unpaired) electrons. The molecule has 0 amide bonds. The third kappa shape index (κ3) is 3.91. The smallest absolute Gasteiger partial charge is 0.0847 e. The van der Waals surface area contributed by atoms with Crippen LogP contribution in [0.1, 0.15) is 36.2 Å². The van der Waals surface area contributed by atoms with Gasteiger partial charge in [-0.1, -0.05) is 18.5 Å². The maximum Gasteiger partial charge on any atom is 0.0847 e. The van der Waals surface area contributed by atoms with E-state index in [1.165, 1.54) is 4.88 Å². The second kappa shape index (κ2) is 7.59. The normalized spacial score (nSPS) is 12.9. The molecule has 116 valence electrons. The van der Waals surface area contributed by atoms with E-state index in [1.54, 1.807) is 11.3 Å². The first-order chi connectivity index (χ1) is 9.97. The van der Waals surface area contributed by atoms with E-state index in [0.717, 1.165) is 44.2 Å². The van der Waals surface area contributed by atoms with E-state index in [2.05, 4.69) is 62.2 Å². The molecule has 0 aromatic carbocycles. The summed E-state index contributed by atoms with van der Waals surface area (Å²) in [5.74, 6) is 0. The molecule has 7 heteroatoms. The van der Waals surface area contributed by atoms with E-state index < -0.39 is 0 Å². The first-order valence-electron chi connectivity index (χ1n) is 6.87. The number of thiophene rings is 1. The molecule has 2 rings (SSSR count). The summed E-state index contributed by atoms with van der Waals surface area (Å²) in [7, 11) is 0. The zero-order valence-corrected chi connectivity index (χ0v) is 17.0. The highest BCUT2D eigenvalue weighted by Crippen LogP contribution is 2.37. The minimum Gasteiger partial charge on any atom is -0.309 e. The van der Waals surface area contributed by atoms with Crippen molar-refractivity contribution in [3.63, 3.8) is 0 Å². The highest BCUT2D eigenvalue weighted by molar-refractivity contribution is 9.13. The average Bonchev–Trinajstić information content (AvgIpc) is 2.92. The van der Waals surface area contributed by atoms with Gasteiger partial charge in [0, 0.05) is 28.4 Å². The van der Waals surface area contributed by atoms with Crippen molar-refractivity contribution >= 4 is 54.8 Å². The fraction of sp³-hybridized carbons (Fsp3) is 0.500. The van der Waals surface area contributed by atoms with Crippen LogP contribution in [0.25, 0.3) is 0 Å². The van der Waals surface area contributed by atoms with Crippen LogP contribution in [-0.4, -0.2) is 16.3 Å². The predicted octanol–water partition coefficient (Wildman–Crippen LogP) is 5.34. The average molecular weight is 456 g/mol. The lowest BCUT2D eigenvalue weighted by atomic mass is 10.1. The molecule has 0 saturated heterocycles. The Labute approximate surface area is 151 Å². The van der Waals surface area contributed by atoms with Crippen LogP contribution in [-0.2, 0) is 13.0 Å². The number of hydrogen-bond donors (Lipinski definition) is 1. The van der Waals surface area contributed by atoms with Crippen LogP contribution < -0.4 is 5.32 Å². The minimum absolute atomic E-state index is 0.237. The summed E-state index contributed by atoms with van der Waals surface area (Å²) in [6, 6.07) is 2.40. The Morgan fingerprint density at radius 3 is 2.67 bits per heavy atom. The SMILES string of the molecule is CCNC(Cc1c(Cl)c(C)nn1CC)c1cc(Br)c(Br)s1. The van der Waals surface area contributed by atoms with Crippen molar-refractivity contribution in [3.05, 3.63) is 35.6 Å². The molecule has 0 saturated carbocycles. The van der Waals surface area contributed by atoms with Crippen LogP contribution in [0.15, 0.2) is 14.3 Å². The fourth-order valence-electron chi connectivity index (χ4n) is 2.31. The lowest BCUT2D eigenvalue weighted by Crippen LogP contribution is -2.23. The van der Waals surface area contributed by atoms with Gasteiger partial charge < -0.3 is 5.32 Å². The van der Waals surface area contributed by atoms with Crippen molar-refractivity contribution in [3.8, 4) is 0 Å². The zero-order chi connectivity index (χ0) is 15.6. The molecule has 3 nitrogen and oxygen atoms in total. The van der Waals surface area contributed by atoms with Crippen LogP contribution in [0.4, 0.5) is 0 Å². The van der Waals surface area contributed by atoms with Gasteiger partial charge in [-0.3, -0.25) is 4.68 Å². The molecular weight excluding hydrogens is 438 g/mol. The highest BCUT2D eigenvalue weighted by atomic mass is 79.9. The molecule has 1 atom stereocenters. The van der Waals surface area contributed by atoms with Crippen LogP contribution in [0.2, 0.25) is 5.02 Å². The fourth-order valence-corrected chi connectivity index (χ4v) is 4.69. The molecule has 2 aromatic rings. The van der Waals surface area contributed by atoms with Gasteiger partial charge >= 0.3 is 0 Å². The van der Waals surface area contributed by atoms with E-state index in [1.807, 2.05) is 11.6 Å². The lowest BCUT2D eigenvalue weighted by Gasteiger charge is -2.17. The number of likely N-dealkylation sites (N-methyl/N-ethyl adjacent to an activating group) is 1. The Balaban J connectivity index is 2.32. The van der Waals surface area contributed by atoms with Crippen molar-refractivity contribution < 1.29 is 0 Å². The standard InChI is InChI=1S/C14H18Br2ClN3S/c1-4-18-10(12-6-9(15)14(16)21-12)7-11-13(17)8(3)19-20(11)5-2/h6,10,18H,4-5,7H2,1-3H3. The second-order valence-corrected chi connectivity index (χ2v) is 8.38. The van der Waals surface area contributed by atoms with E-state index in [9.17, 15) is 0 Å². The Morgan fingerprint density at radius 2 is 2.14 bits per heavy atom. The Morgan fingerprint density at radius 1 is 1.43 bits per heavy atom. The summed E-state index contributed by atoms with van der Waals surface area (Å²) in [6.07, 6.45) is 0.834. The third-order valence-corrected chi connectivity index (χ3v) is 7.17. The Kier molecular flexibility index (Phi) is 6.32. The van der Waals surface area contributed by atoms with Crippen LogP contribution in [0, 0.1) is 6.92 Å². The number of rotatable bonds is 6. The van der Waals surface area contributed by atoms with Crippen molar-refractivity contribution in [2.45, 2.75) is 39.8 Å². The van der Waals surface area contributed by atoms with E-state index in [-0.39, 0.29) is 6.04 Å². The van der Waals surface area contributed by atoms with Crippen LogP contribution >= 0.6 is 54.8 Å². The first-order valence-corrected chi connectivity index (χ1v) is 9.65. The maximum absolute atomic E-state index is 6.43.